The van der Waals surface area contributed by atoms with Crippen LogP contribution < -0.4 is 15.8 Å². The summed E-state index contributed by atoms with van der Waals surface area (Å²) in [6.07, 6.45) is 8.84. The molecule has 4 heterocycles. The minimum Gasteiger partial charge on any atom is -0.487 e. The maximum Gasteiger partial charge on any atom is 0.152 e. The standard InChI is InChI=1S/C26H26N8O/c1-17-10-23-22(6-8-28-26(23)27)18(2)24(17)14-30-25-11-21(13-31-33-25)35-16-19-4-5-20(29-12-19)15-34-9-3-7-32-34/h3-13H,14-16H2,1-2H3,(H2,27,28)(H,30,33). The smallest absolute Gasteiger partial charge is 0.152 e. The second-order valence-corrected chi connectivity index (χ2v) is 8.37. The lowest BCUT2D eigenvalue weighted by atomic mass is 9.96. The van der Waals surface area contributed by atoms with Gasteiger partial charge in [-0.1, -0.05) is 6.07 Å². The van der Waals surface area contributed by atoms with Gasteiger partial charge in [-0.15, -0.1) is 5.10 Å². The van der Waals surface area contributed by atoms with Gasteiger partial charge in [-0.3, -0.25) is 9.67 Å². The number of nitrogens with two attached hydrogens (primary N) is 1. The number of nitrogens with zero attached hydrogens (tertiary/aromatic N) is 6. The first-order valence-electron chi connectivity index (χ1n) is 11.3. The molecular formula is C26H26N8O. The van der Waals surface area contributed by atoms with Crippen molar-refractivity contribution in [2.24, 2.45) is 0 Å². The molecule has 0 unspecified atom stereocenters. The topological polar surface area (TPSA) is 117 Å². The SMILES string of the molecule is Cc1cc2c(N)nccc2c(C)c1CNc1cc(OCc2ccc(Cn3cccn3)nc2)cnn1. The second-order valence-electron chi connectivity index (χ2n) is 8.37. The molecule has 5 rings (SSSR count). The first kappa shape index (κ1) is 22.3. The Balaban J connectivity index is 1.22. The highest BCUT2D eigenvalue weighted by Gasteiger charge is 2.11. The summed E-state index contributed by atoms with van der Waals surface area (Å²) in [6, 6.07) is 11.8. The van der Waals surface area contributed by atoms with E-state index in [1.54, 1.807) is 18.6 Å². The van der Waals surface area contributed by atoms with Crippen LogP contribution in [-0.2, 0) is 19.7 Å². The lowest BCUT2D eigenvalue weighted by Crippen LogP contribution is -2.07. The largest absolute Gasteiger partial charge is 0.487 e. The maximum atomic E-state index is 6.06. The molecule has 5 aromatic rings. The summed E-state index contributed by atoms with van der Waals surface area (Å²) < 4.78 is 7.76. The third-order valence-electron chi connectivity index (χ3n) is 5.96. The number of fused-ring (bicyclic) bond motifs is 1. The van der Waals surface area contributed by atoms with E-state index in [0.29, 0.717) is 37.1 Å². The Morgan fingerprint density at radius 3 is 2.74 bits per heavy atom. The maximum absolute atomic E-state index is 6.06. The Labute approximate surface area is 203 Å². The molecule has 35 heavy (non-hydrogen) atoms. The summed E-state index contributed by atoms with van der Waals surface area (Å²) in [5.74, 6) is 1.82. The summed E-state index contributed by atoms with van der Waals surface area (Å²) >= 11 is 0. The number of pyridine rings is 2. The minimum absolute atomic E-state index is 0.387. The minimum atomic E-state index is 0.387. The van der Waals surface area contributed by atoms with Gasteiger partial charge in [0.1, 0.15) is 18.2 Å². The molecule has 0 radical (unpaired) electrons. The van der Waals surface area contributed by atoms with E-state index >= 15 is 0 Å². The first-order chi connectivity index (χ1) is 17.1. The average Bonchev–Trinajstić information content (AvgIpc) is 3.38. The number of rotatable bonds is 8. The van der Waals surface area contributed by atoms with E-state index in [1.807, 2.05) is 47.4 Å². The molecule has 0 bridgehead atoms. The normalized spacial score (nSPS) is 11.0. The van der Waals surface area contributed by atoms with Gasteiger partial charge in [-0.2, -0.15) is 10.2 Å². The number of nitrogens with one attached hydrogen (secondary N) is 1. The van der Waals surface area contributed by atoms with Crippen molar-refractivity contribution in [3.8, 4) is 5.75 Å². The summed E-state index contributed by atoms with van der Waals surface area (Å²) in [4.78, 5) is 8.70. The van der Waals surface area contributed by atoms with Crippen LogP contribution in [0.4, 0.5) is 11.6 Å². The molecule has 0 spiro atoms. The highest BCUT2D eigenvalue weighted by Crippen LogP contribution is 2.28. The van der Waals surface area contributed by atoms with Crippen LogP contribution in [0, 0.1) is 13.8 Å². The summed E-state index contributed by atoms with van der Waals surface area (Å²) in [6.45, 7) is 5.81. The molecule has 0 aliphatic rings. The predicted molar refractivity (Wildman–Crippen MR) is 135 cm³/mol. The van der Waals surface area contributed by atoms with E-state index < -0.39 is 0 Å². The third kappa shape index (κ3) is 5.03. The second kappa shape index (κ2) is 9.76. The number of benzene rings is 1. The van der Waals surface area contributed by atoms with Gasteiger partial charge in [0.25, 0.3) is 0 Å². The molecule has 3 N–H and O–H groups in total. The number of anilines is 2. The number of ether oxygens (including phenoxy) is 1. The van der Waals surface area contributed by atoms with Gasteiger partial charge in [0.15, 0.2) is 5.82 Å². The van der Waals surface area contributed by atoms with Crippen molar-refractivity contribution in [1.82, 2.24) is 29.9 Å². The molecule has 0 amide bonds. The van der Waals surface area contributed by atoms with Crippen molar-refractivity contribution in [1.29, 1.82) is 0 Å². The molecule has 0 aliphatic heterocycles. The molecule has 4 aromatic heterocycles. The summed E-state index contributed by atoms with van der Waals surface area (Å²) in [5.41, 5.74) is 11.5. The van der Waals surface area contributed by atoms with Gasteiger partial charge < -0.3 is 15.8 Å². The Hall–Kier alpha value is -4.53. The van der Waals surface area contributed by atoms with Crippen LogP contribution >= 0.6 is 0 Å². The van der Waals surface area contributed by atoms with Crippen molar-refractivity contribution in [3.05, 3.63) is 95.3 Å². The van der Waals surface area contributed by atoms with E-state index in [-0.39, 0.29) is 0 Å². The van der Waals surface area contributed by atoms with E-state index in [0.717, 1.165) is 27.6 Å². The lowest BCUT2D eigenvalue weighted by molar-refractivity contribution is 0.304. The first-order valence-corrected chi connectivity index (χ1v) is 11.3. The molecule has 9 nitrogen and oxygen atoms in total. The van der Waals surface area contributed by atoms with E-state index in [4.69, 9.17) is 10.5 Å². The van der Waals surface area contributed by atoms with Crippen LogP contribution in [0.25, 0.3) is 10.8 Å². The van der Waals surface area contributed by atoms with Crippen LogP contribution in [0.2, 0.25) is 0 Å². The summed E-state index contributed by atoms with van der Waals surface area (Å²) in [5, 5.41) is 17.9. The zero-order valence-corrected chi connectivity index (χ0v) is 19.6. The van der Waals surface area contributed by atoms with Gasteiger partial charge in [-0.25, -0.2) is 4.98 Å². The van der Waals surface area contributed by atoms with Crippen LogP contribution in [0.15, 0.2) is 67.4 Å². The number of nitrogen functional groups attached to an aromatic ring is 1. The number of aromatic nitrogens is 6. The van der Waals surface area contributed by atoms with Crippen molar-refractivity contribution >= 4 is 22.4 Å². The Kier molecular flexibility index (Phi) is 6.21. The molecule has 176 valence electrons. The molecule has 1 aromatic carbocycles. The number of aryl methyl sites for hydroxylation is 2. The van der Waals surface area contributed by atoms with Crippen molar-refractivity contribution in [3.63, 3.8) is 0 Å². The fourth-order valence-electron chi connectivity index (χ4n) is 4.06. The van der Waals surface area contributed by atoms with Gasteiger partial charge in [0.2, 0.25) is 0 Å². The van der Waals surface area contributed by atoms with Crippen molar-refractivity contribution in [2.45, 2.75) is 33.5 Å². The van der Waals surface area contributed by atoms with Crippen molar-refractivity contribution < 1.29 is 4.74 Å². The molecular weight excluding hydrogens is 440 g/mol. The van der Waals surface area contributed by atoms with Crippen LogP contribution in [0.3, 0.4) is 0 Å². The van der Waals surface area contributed by atoms with Gasteiger partial charge in [0.05, 0.1) is 18.4 Å². The lowest BCUT2D eigenvalue weighted by Gasteiger charge is -2.15. The van der Waals surface area contributed by atoms with Crippen molar-refractivity contribution in [2.75, 3.05) is 11.1 Å². The molecule has 0 aliphatic carbocycles. The molecule has 0 atom stereocenters. The van der Waals surface area contributed by atoms with E-state index in [2.05, 4.69) is 50.5 Å². The molecule has 9 heteroatoms. The van der Waals surface area contributed by atoms with E-state index in [1.165, 1.54) is 11.1 Å². The van der Waals surface area contributed by atoms with Gasteiger partial charge >= 0.3 is 0 Å². The molecule has 0 saturated heterocycles. The number of hydrogen-bond donors (Lipinski definition) is 2. The Bertz CT molecular complexity index is 1450. The number of hydrogen-bond acceptors (Lipinski definition) is 8. The van der Waals surface area contributed by atoms with E-state index in [9.17, 15) is 0 Å². The third-order valence-corrected chi connectivity index (χ3v) is 5.96. The predicted octanol–water partition coefficient (Wildman–Crippen LogP) is 4.05. The highest BCUT2D eigenvalue weighted by atomic mass is 16.5. The van der Waals surface area contributed by atoms with Crippen LogP contribution in [-0.4, -0.2) is 29.9 Å². The van der Waals surface area contributed by atoms with Crippen LogP contribution in [0.5, 0.6) is 5.75 Å². The quantitative estimate of drug-likeness (QED) is 0.352. The van der Waals surface area contributed by atoms with Crippen LogP contribution in [0.1, 0.15) is 27.9 Å². The molecule has 0 fully saturated rings. The zero-order chi connectivity index (χ0) is 24.2. The Morgan fingerprint density at radius 2 is 1.94 bits per heavy atom. The van der Waals surface area contributed by atoms with Gasteiger partial charge in [0, 0.05) is 48.3 Å². The Morgan fingerprint density at radius 1 is 1.03 bits per heavy atom. The monoisotopic (exact) mass is 466 g/mol. The summed E-state index contributed by atoms with van der Waals surface area (Å²) in [7, 11) is 0. The average molecular weight is 467 g/mol. The fraction of sp³-hybridized carbons (Fsp3) is 0.192. The van der Waals surface area contributed by atoms with Gasteiger partial charge in [-0.05, 0) is 60.2 Å². The highest BCUT2D eigenvalue weighted by molar-refractivity contribution is 5.94. The zero-order valence-electron chi connectivity index (χ0n) is 19.6. The fourth-order valence-corrected chi connectivity index (χ4v) is 4.06. The molecule has 0 saturated carbocycles.